The highest BCUT2D eigenvalue weighted by molar-refractivity contribution is 7.92. The summed E-state index contributed by atoms with van der Waals surface area (Å²) in [5.41, 5.74) is 6.28. The van der Waals surface area contributed by atoms with Gasteiger partial charge in [-0.2, -0.15) is 0 Å². The topological polar surface area (TPSA) is 98.5 Å². The van der Waals surface area contributed by atoms with Gasteiger partial charge in [0.2, 0.25) is 5.91 Å². The van der Waals surface area contributed by atoms with Crippen molar-refractivity contribution < 1.29 is 17.9 Å². The largest absolute Gasteiger partial charge is 0.397 e. The predicted octanol–water partition coefficient (Wildman–Crippen LogP) is 1.31. The van der Waals surface area contributed by atoms with Crippen molar-refractivity contribution in [3.05, 3.63) is 23.2 Å². The molecule has 8 heteroatoms. The predicted molar refractivity (Wildman–Crippen MR) is 79.6 cm³/mol. The summed E-state index contributed by atoms with van der Waals surface area (Å²) in [5, 5.41) is 2.84. The highest BCUT2D eigenvalue weighted by atomic mass is 35.5. The number of amides is 1. The highest BCUT2D eigenvalue weighted by Gasteiger charge is 2.17. The number of nitrogens with one attached hydrogen (secondary N) is 1. The Hall–Kier alpha value is -1.31. The number of rotatable bonds is 7. The smallest absolute Gasteiger partial charge is 0.239 e. The Morgan fingerprint density at radius 1 is 1.45 bits per heavy atom. The minimum atomic E-state index is -3.46. The molecule has 6 nitrogen and oxygen atoms in total. The molecule has 1 aromatic rings. The van der Waals surface area contributed by atoms with Gasteiger partial charge < -0.3 is 15.8 Å². The number of nitrogens with two attached hydrogens (primary N) is 1. The molecule has 0 aliphatic heterocycles. The van der Waals surface area contributed by atoms with E-state index in [1.165, 1.54) is 19.2 Å². The fourth-order valence-corrected chi connectivity index (χ4v) is 2.86. The monoisotopic (exact) mass is 320 g/mol. The molecule has 20 heavy (non-hydrogen) atoms. The van der Waals surface area contributed by atoms with Crippen LogP contribution in [0.4, 0.5) is 11.4 Å². The molecule has 3 N–H and O–H groups in total. The molecule has 1 rings (SSSR count). The number of carbonyl (C=O) groups excluding carboxylic acids is 1. The molecule has 0 bridgehead atoms. The molecule has 0 aliphatic rings. The molecule has 112 valence electrons. The van der Waals surface area contributed by atoms with Crippen LogP contribution in [0.1, 0.15) is 6.42 Å². The lowest BCUT2D eigenvalue weighted by molar-refractivity contribution is -0.113. The van der Waals surface area contributed by atoms with Gasteiger partial charge in [-0.1, -0.05) is 11.6 Å². The van der Waals surface area contributed by atoms with Crippen LogP contribution in [0.15, 0.2) is 18.2 Å². The van der Waals surface area contributed by atoms with Gasteiger partial charge >= 0.3 is 0 Å². The van der Waals surface area contributed by atoms with Crippen LogP contribution in [0, 0.1) is 0 Å². The number of hydrogen-bond acceptors (Lipinski definition) is 5. The number of carbonyl (C=O) groups is 1. The van der Waals surface area contributed by atoms with E-state index in [4.69, 9.17) is 22.1 Å². The third-order valence-electron chi connectivity index (χ3n) is 2.44. The average Bonchev–Trinajstić information content (AvgIpc) is 2.33. The number of methoxy groups -OCH3 is 1. The Morgan fingerprint density at radius 2 is 2.15 bits per heavy atom. The summed E-state index contributed by atoms with van der Waals surface area (Å²) in [5.74, 6) is -1.33. The van der Waals surface area contributed by atoms with E-state index < -0.39 is 21.5 Å². The maximum atomic E-state index is 11.7. The Balaban J connectivity index is 2.61. The summed E-state index contributed by atoms with van der Waals surface area (Å²) in [7, 11) is -1.97. The summed E-state index contributed by atoms with van der Waals surface area (Å²) >= 11 is 5.78. The summed E-state index contributed by atoms with van der Waals surface area (Å²) in [6, 6.07) is 4.57. The molecule has 0 saturated carbocycles. The van der Waals surface area contributed by atoms with Gasteiger partial charge in [-0.25, -0.2) is 8.42 Å². The van der Waals surface area contributed by atoms with Crippen LogP contribution < -0.4 is 11.1 Å². The van der Waals surface area contributed by atoms with Gasteiger partial charge in [0.25, 0.3) is 0 Å². The number of sulfone groups is 1. The van der Waals surface area contributed by atoms with E-state index in [1.54, 1.807) is 6.07 Å². The van der Waals surface area contributed by atoms with Crippen molar-refractivity contribution in [2.75, 3.05) is 36.3 Å². The van der Waals surface area contributed by atoms with E-state index >= 15 is 0 Å². The van der Waals surface area contributed by atoms with E-state index in [1.807, 2.05) is 0 Å². The molecule has 0 aliphatic carbocycles. The van der Waals surface area contributed by atoms with Gasteiger partial charge in [0.1, 0.15) is 5.75 Å². The fourth-order valence-electron chi connectivity index (χ4n) is 1.52. The van der Waals surface area contributed by atoms with Crippen molar-refractivity contribution in [3.8, 4) is 0 Å². The number of anilines is 2. The lowest BCUT2D eigenvalue weighted by Crippen LogP contribution is -2.25. The zero-order chi connectivity index (χ0) is 15.2. The van der Waals surface area contributed by atoms with Crippen molar-refractivity contribution >= 4 is 38.7 Å². The van der Waals surface area contributed by atoms with E-state index in [0.29, 0.717) is 29.4 Å². The standard InChI is InChI=1S/C12H17ClN2O4S/c1-19-5-2-6-20(17,18)8-12(16)15-11-7-9(13)3-4-10(11)14/h3-4,7H,2,5-6,8,14H2,1H3,(H,15,16). The average molecular weight is 321 g/mol. The number of ether oxygens (including phenoxy) is 1. The molecule has 0 aromatic heterocycles. The van der Waals surface area contributed by atoms with Gasteiger partial charge in [-0.3, -0.25) is 4.79 Å². The van der Waals surface area contributed by atoms with Crippen molar-refractivity contribution in [3.63, 3.8) is 0 Å². The van der Waals surface area contributed by atoms with Crippen molar-refractivity contribution in [1.82, 2.24) is 0 Å². The second kappa shape index (κ2) is 7.47. The summed E-state index contributed by atoms with van der Waals surface area (Å²) < 4.78 is 28.1. The van der Waals surface area contributed by atoms with E-state index in [2.05, 4.69) is 5.32 Å². The maximum absolute atomic E-state index is 11.7. The SMILES string of the molecule is COCCCS(=O)(=O)CC(=O)Nc1cc(Cl)ccc1N. The molecule has 1 aromatic carbocycles. The Labute approximate surface area is 123 Å². The van der Waals surface area contributed by atoms with Gasteiger partial charge in [0.05, 0.1) is 17.1 Å². The molecule has 0 heterocycles. The lowest BCUT2D eigenvalue weighted by atomic mass is 10.2. The summed E-state index contributed by atoms with van der Waals surface area (Å²) in [4.78, 5) is 11.7. The van der Waals surface area contributed by atoms with Gasteiger partial charge in [0.15, 0.2) is 9.84 Å². The molecule has 0 unspecified atom stereocenters. The van der Waals surface area contributed by atoms with Crippen molar-refractivity contribution in [2.45, 2.75) is 6.42 Å². The first-order chi connectivity index (χ1) is 9.34. The van der Waals surface area contributed by atoms with Crippen LogP contribution in [0.25, 0.3) is 0 Å². The van der Waals surface area contributed by atoms with E-state index in [-0.39, 0.29) is 5.75 Å². The summed E-state index contributed by atoms with van der Waals surface area (Å²) in [6.07, 6.45) is 0.353. The van der Waals surface area contributed by atoms with Gasteiger partial charge in [-0.05, 0) is 24.6 Å². The maximum Gasteiger partial charge on any atom is 0.239 e. The number of halogens is 1. The molecule has 0 atom stereocenters. The quantitative estimate of drug-likeness (QED) is 0.583. The number of nitrogen functional groups attached to an aromatic ring is 1. The first-order valence-electron chi connectivity index (χ1n) is 5.88. The minimum Gasteiger partial charge on any atom is -0.397 e. The zero-order valence-corrected chi connectivity index (χ0v) is 12.6. The molecule has 0 radical (unpaired) electrons. The third-order valence-corrected chi connectivity index (χ3v) is 4.29. The fraction of sp³-hybridized carbons (Fsp3) is 0.417. The minimum absolute atomic E-state index is 0.0979. The van der Waals surface area contributed by atoms with E-state index in [9.17, 15) is 13.2 Å². The summed E-state index contributed by atoms with van der Waals surface area (Å²) in [6.45, 7) is 0.335. The van der Waals surface area contributed by atoms with Gasteiger partial charge in [0, 0.05) is 18.7 Å². The van der Waals surface area contributed by atoms with Crippen LogP contribution in [-0.4, -0.2) is 39.5 Å². The second-order valence-electron chi connectivity index (χ2n) is 4.22. The van der Waals surface area contributed by atoms with Gasteiger partial charge in [-0.15, -0.1) is 0 Å². The molecular weight excluding hydrogens is 304 g/mol. The zero-order valence-electron chi connectivity index (χ0n) is 11.1. The molecule has 1 amide bonds. The normalized spacial score (nSPS) is 11.3. The van der Waals surface area contributed by atoms with Crippen LogP contribution in [0.5, 0.6) is 0 Å². The number of hydrogen-bond donors (Lipinski definition) is 2. The molecule has 0 fully saturated rings. The third kappa shape index (κ3) is 5.77. The van der Waals surface area contributed by atoms with Crippen LogP contribution in [-0.2, 0) is 19.4 Å². The molecule has 0 saturated heterocycles. The van der Waals surface area contributed by atoms with Crippen LogP contribution in [0.3, 0.4) is 0 Å². The first kappa shape index (κ1) is 16.7. The Bertz CT molecular complexity index is 575. The van der Waals surface area contributed by atoms with Crippen LogP contribution >= 0.6 is 11.6 Å². The second-order valence-corrected chi connectivity index (χ2v) is 6.84. The Morgan fingerprint density at radius 3 is 2.80 bits per heavy atom. The highest BCUT2D eigenvalue weighted by Crippen LogP contribution is 2.22. The number of benzene rings is 1. The van der Waals surface area contributed by atoms with Crippen molar-refractivity contribution in [1.29, 1.82) is 0 Å². The van der Waals surface area contributed by atoms with Crippen molar-refractivity contribution in [2.24, 2.45) is 0 Å². The lowest BCUT2D eigenvalue weighted by Gasteiger charge is -2.09. The molecular formula is C12H17ClN2O4S. The van der Waals surface area contributed by atoms with Crippen LogP contribution in [0.2, 0.25) is 5.02 Å². The Kier molecular flexibility index (Phi) is 6.25. The first-order valence-corrected chi connectivity index (χ1v) is 8.08. The molecule has 0 spiro atoms. The van der Waals surface area contributed by atoms with E-state index in [0.717, 1.165) is 0 Å².